The Hall–Kier alpha value is -1.92. The first-order valence-corrected chi connectivity index (χ1v) is 6.21. The number of nitrogens with one attached hydrogen (secondary N) is 2. The van der Waals surface area contributed by atoms with E-state index in [0.29, 0.717) is 24.3 Å². The van der Waals surface area contributed by atoms with Crippen molar-refractivity contribution in [2.45, 2.75) is 13.1 Å². The Morgan fingerprint density at radius 2 is 1.95 bits per heavy atom. The van der Waals surface area contributed by atoms with Gasteiger partial charge in [0.2, 0.25) is 0 Å². The number of benzene rings is 1. The van der Waals surface area contributed by atoms with Gasteiger partial charge in [-0.05, 0) is 24.6 Å². The maximum Gasteiger partial charge on any atom is 0.418 e. The zero-order valence-corrected chi connectivity index (χ0v) is 11.6. The number of nitrogens with zero attached hydrogens (tertiary/aromatic N) is 2. The number of guanidine groups is 1. The van der Waals surface area contributed by atoms with Gasteiger partial charge < -0.3 is 15.1 Å². The van der Waals surface area contributed by atoms with Gasteiger partial charge in [0.1, 0.15) is 0 Å². The molecule has 1 heterocycles. The predicted octanol–water partition coefficient (Wildman–Crippen LogP) is 2.42. The highest BCUT2D eigenvalue weighted by Crippen LogP contribution is 2.41. The largest absolute Gasteiger partial charge is 0.418 e. The normalized spacial score (nSPS) is 15.5. The first kappa shape index (κ1) is 14.5. The van der Waals surface area contributed by atoms with Gasteiger partial charge in [0.25, 0.3) is 0 Å². The van der Waals surface area contributed by atoms with E-state index in [0.717, 1.165) is 6.07 Å². The Morgan fingerprint density at radius 1 is 1.30 bits per heavy atom. The van der Waals surface area contributed by atoms with Crippen LogP contribution in [0.1, 0.15) is 11.1 Å². The zero-order chi connectivity index (χ0) is 15.1. The van der Waals surface area contributed by atoms with Crippen LogP contribution in [0.15, 0.2) is 12.1 Å². The lowest BCUT2D eigenvalue weighted by molar-refractivity contribution is -0.137. The van der Waals surface area contributed by atoms with Crippen LogP contribution in [0, 0.1) is 12.3 Å². The van der Waals surface area contributed by atoms with E-state index in [1.54, 1.807) is 25.9 Å². The van der Waals surface area contributed by atoms with Gasteiger partial charge in [-0.2, -0.15) is 13.2 Å². The zero-order valence-electron chi connectivity index (χ0n) is 11.6. The fraction of sp³-hybridized carbons (Fsp3) is 0.462. The quantitative estimate of drug-likeness (QED) is 0.877. The number of hydrogen-bond donors (Lipinski definition) is 2. The Morgan fingerprint density at radius 3 is 2.40 bits per heavy atom. The summed E-state index contributed by atoms with van der Waals surface area (Å²) in [5.74, 6) is 0.00880. The summed E-state index contributed by atoms with van der Waals surface area (Å²) in [7, 11) is 3.57. The lowest BCUT2D eigenvalue weighted by Crippen LogP contribution is -2.31. The molecule has 0 unspecified atom stereocenters. The number of alkyl halides is 3. The number of halogens is 3. The van der Waals surface area contributed by atoms with Crippen LogP contribution in [-0.4, -0.2) is 33.1 Å². The van der Waals surface area contributed by atoms with E-state index in [1.807, 2.05) is 0 Å². The van der Waals surface area contributed by atoms with E-state index in [1.165, 1.54) is 11.0 Å². The van der Waals surface area contributed by atoms with Crippen LogP contribution in [0.5, 0.6) is 0 Å². The molecule has 2 rings (SSSR count). The summed E-state index contributed by atoms with van der Waals surface area (Å²) in [5.41, 5.74) is 0.610. The third-order valence-electron chi connectivity index (χ3n) is 3.36. The molecule has 0 bridgehead atoms. The van der Waals surface area contributed by atoms with Gasteiger partial charge in [-0.3, -0.25) is 5.41 Å². The van der Waals surface area contributed by atoms with Crippen LogP contribution in [0.2, 0.25) is 0 Å². The molecule has 1 saturated heterocycles. The average molecular weight is 286 g/mol. The summed E-state index contributed by atoms with van der Waals surface area (Å²) in [6.07, 6.45) is -4.44. The molecule has 7 heteroatoms. The van der Waals surface area contributed by atoms with Crippen molar-refractivity contribution in [1.29, 1.82) is 5.41 Å². The first-order chi connectivity index (χ1) is 9.23. The molecule has 1 fully saturated rings. The number of anilines is 2. The molecule has 0 aliphatic carbocycles. The highest BCUT2D eigenvalue weighted by Gasteiger charge is 2.38. The molecule has 1 aromatic rings. The average Bonchev–Trinajstić information content (AvgIpc) is 2.73. The molecule has 4 nitrogen and oxygen atoms in total. The van der Waals surface area contributed by atoms with Crippen molar-refractivity contribution in [3.63, 3.8) is 0 Å². The summed E-state index contributed by atoms with van der Waals surface area (Å²) < 4.78 is 39.6. The first-order valence-electron chi connectivity index (χ1n) is 6.21. The van der Waals surface area contributed by atoms with Crippen LogP contribution in [0.3, 0.4) is 0 Å². The molecule has 1 aliphatic heterocycles. The Kier molecular flexibility index (Phi) is 3.54. The van der Waals surface area contributed by atoms with Crippen molar-refractivity contribution >= 4 is 17.3 Å². The van der Waals surface area contributed by atoms with Crippen molar-refractivity contribution in [3.8, 4) is 0 Å². The van der Waals surface area contributed by atoms with Gasteiger partial charge in [-0.1, -0.05) is 0 Å². The Bertz CT molecular complexity index is 537. The van der Waals surface area contributed by atoms with E-state index < -0.39 is 11.7 Å². The maximum atomic E-state index is 13.2. The second kappa shape index (κ2) is 4.88. The molecule has 0 spiro atoms. The van der Waals surface area contributed by atoms with Gasteiger partial charge in [-0.25, -0.2) is 0 Å². The molecule has 20 heavy (non-hydrogen) atoms. The fourth-order valence-corrected chi connectivity index (χ4v) is 2.47. The summed E-state index contributed by atoms with van der Waals surface area (Å²) in [6, 6.07) is 2.55. The third-order valence-corrected chi connectivity index (χ3v) is 3.36. The fourth-order valence-electron chi connectivity index (χ4n) is 2.47. The van der Waals surface area contributed by atoms with Gasteiger partial charge >= 0.3 is 6.18 Å². The molecule has 0 saturated carbocycles. The molecule has 0 amide bonds. The third kappa shape index (κ3) is 2.39. The topological polar surface area (TPSA) is 42.4 Å². The maximum absolute atomic E-state index is 13.2. The smallest absolute Gasteiger partial charge is 0.377 e. The van der Waals surface area contributed by atoms with Crippen molar-refractivity contribution < 1.29 is 13.2 Å². The minimum atomic E-state index is -4.44. The molecule has 0 radical (unpaired) electrons. The van der Waals surface area contributed by atoms with Gasteiger partial charge in [0.15, 0.2) is 5.96 Å². The standard InChI is InChI=1S/C13H17F3N4/c1-8-10(19(2)3)5-4-9(13(14,15)16)11(8)20-7-6-18-12(20)17/h4-5H,6-7H2,1-3H3,(H2,17,18). The highest BCUT2D eigenvalue weighted by atomic mass is 19.4. The molecular weight excluding hydrogens is 269 g/mol. The van der Waals surface area contributed by atoms with Gasteiger partial charge in [0.05, 0.1) is 11.3 Å². The van der Waals surface area contributed by atoms with E-state index in [2.05, 4.69) is 5.32 Å². The van der Waals surface area contributed by atoms with Gasteiger partial charge in [0, 0.05) is 32.9 Å². The number of rotatable bonds is 2. The predicted molar refractivity (Wildman–Crippen MR) is 73.6 cm³/mol. The van der Waals surface area contributed by atoms with Crippen LogP contribution in [0.25, 0.3) is 0 Å². The SMILES string of the molecule is Cc1c(N(C)C)ccc(C(F)(F)F)c1N1CCNC1=N. The van der Waals surface area contributed by atoms with E-state index in [4.69, 9.17) is 5.41 Å². The second-order valence-electron chi connectivity index (χ2n) is 4.93. The Balaban J connectivity index is 2.66. The van der Waals surface area contributed by atoms with Gasteiger partial charge in [-0.15, -0.1) is 0 Å². The lowest BCUT2D eigenvalue weighted by atomic mass is 10.0. The molecule has 1 aliphatic rings. The monoisotopic (exact) mass is 286 g/mol. The Labute approximate surface area is 115 Å². The molecule has 0 atom stereocenters. The lowest BCUT2D eigenvalue weighted by Gasteiger charge is -2.27. The van der Waals surface area contributed by atoms with Crippen molar-refractivity contribution in [3.05, 3.63) is 23.3 Å². The second-order valence-corrected chi connectivity index (χ2v) is 4.93. The van der Waals surface area contributed by atoms with Crippen molar-refractivity contribution in [1.82, 2.24) is 5.32 Å². The van der Waals surface area contributed by atoms with Crippen molar-refractivity contribution in [2.24, 2.45) is 0 Å². The summed E-state index contributed by atoms with van der Waals surface area (Å²) in [6.45, 7) is 2.49. The molecule has 2 N–H and O–H groups in total. The van der Waals surface area contributed by atoms with Crippen molar-refractivity contribution in [2.75, 3.05) is 37.0 Å². The summed E-state index contributed by atoms with van der Waals surface area (Å²) in [5, 5.41) is 10.5. The minimum Gasteiger partial charge on any atom is -0.377 e. The number of hydrogen-bond acceptors (Lipinski definition) is 2. The summed E-state index contributed by atoms with van der Waals surface area (Å²) >= 11 is 0. The van der Waals surface area contributed by atoms with Crippen LogP contribution in [0.4, 0.5) is 24.5 Å². The van der Waals surface area contributed by atoms with Crippen LogP contribution in [-0.2, 0) is 6.18 Å². The molecule has 1 aromatic carbocycles. The summed E-state index contributed by atoms with van der Waals surface area (Å²) in [4.78, 5) is 3.15. The van der Waals surface area contributed by atoms with Crippen LogP contribution >= 0.6 is 0 Å². The van der Waals surface area contributed by atoms with Crippen LogP contribution < -0.4 is 15.1 Å². The highest BCUT2D eigenvalue weighted by molar-refractivity contribution is 5.98. The molecule has 110 valence electrons. The van der Waals surface area contributed by atoms with E-state index >= 15 is 0 Å². The minimum absolute atomic E-state index is 0.00880. The van der Waals surface area contributed by atoms with E-state index in [9.17, 15) is 13.2 Å². The molecular formula is C13H17F3N4. The van der Waals surface area contributed by atoms with E-state index in [-0.39, 0.29) is 11.6 Å². The molecule has 0 aromatic heterocycles.